The number of amides is 2. The van der Waals surface area contributed by atoms with Gasteiger partial charge in [-0.05, 0) is 49.2 Å². The fraction of sp³-hybridized carbons (Fsp3) is 0.235. The Morgan fingerprint density at radius 1 is 0.891 bits per heavy atom. The molecule has 0 aliphatic heterocycles. The molecule has 0 saturated heterocycles. The van der Waals surface area contributed by atoms with Crippen molar-refractivity contribution >= 4 is 33.2 Å². The molecule has 4 aromatic carbocycles. The first-order valence-corrected chi connectivity index (χ1v) is 16.1. The molecule has 0 radical (unpaired) electrons. The summed E-state index contributed by atoms with van der Waals surface area (Å²) >= 11 is 0. The van der Waals surface area contributed by atoms with E-state index < -0.39 is 45.2 Å². The van der Waals surface area contributed by atoms with Crippen molar-refractivity contribution in [3.8, 4) is 0 Å². The molecular weight excluding hydrogens is 611 g/mol. The summed E-state index contributed by atoms with van der Waals surface area (Å²) in [4.78, 5) is 40.0. The standard InChI is InChI=1S/C34H35FN4O6S/c1-3-25(2)36-34(41)32(22-26-12-6-4-7-13-26)37(23-27-14-10-11-17-31(27)35)33(40)24-38(28-18-20-29(21-19-28)39(42)43)46(44,45)30-15-8-5-9-16-30/h4-21,25,32H,3,22-24H2,1-2H3,(H,36,41)/t25-,32+/m0/s1. The van der Waals surface area contributed by atoms with Gasteiger partial charge in [0.2, 0.25) is 11.8 Å². The van der Waals surface area contributed by atoms with E-state index in [4.69, 9.17) is 0 Å². The van der Waals surface area contributed by atoms with Gasteiger partial charge in [-0.25, -0.2) is 12.8 Å². The zero-order chi connectivity index (χ0) is 33.3. The van der Waals surface area contributed by atoms with E-state index in [0.717, 1.165) is 22.0 Å². The maximum atomic E-state index is 15.0. The van der Waals surface area contributed by atoms with Gasteiger partial charge < -0.3 is 10.2 Å². The molecule has 12 heteroatoms. The van der Waals surface area contributed by atoms with E-state index in [0.29, 0.717) is 6.42 Å². The van der Waals surface area contributed by atoms with Gasteiger partial charge in [-0.1, -0.05) is 73.7 Å². The zero-order valence-corrected chi connectivity index (χ0v) is 26.3. The van der Waals surface area contributed by atoms with Crippen LogP contribution in [0.2, 0.25) is 0 Å². The fourth-order valence-electron chi connectivity index (χ4n) is 4.79. The highest BCUT2D eigenvalue weighted by Gasteiger charge is 2.35. The molecule has 0 fully saturated rings. The van der Waals surface area contributed by atoms with E-state index in [9.17, 15) is 28.1 Å². The van der Waals surface area contributed by atoms with Gasteiger partial charge in [0.25, 0.3) is 15.7 Å². The molecule has 2 amide bonds. The van der Waals surface area contributed by atoms with Crippen LogP contribution in [-0.2, 0) is 32.6 Å². The van der Waals surface area contributed by atoms with Crippen LogP contribution in [0.15, 0.2) is 114 Å². The van der Waals surface area contributed by atoms with Crippen molar-refractivity contribution in [3.63, 3.8) is 0 Å². The lowest BCUT2D eigenvalue weighted by Gasteiger charge is -2.34. The molecule has 46 heavy (non-hydrogen) atoms. The van der Waals surface area contributed by atoms with Crippen LogP contribution in [0.5, 0.6) is 0 Å². The SMILES string of the molecule is CC[C@H](C)NC(=O)[C@@H](Cc1ccccc1)N(Cc1ccccc1F)C(=O)CN(c1ccc([N+](=O)[O-])cc1)S(=O)(=O)c1ccccc1. The van der Waals surface area contributed by atoms with Gasteiger partial charge >= 0.3 is 0 Å². The number of non-ortho nitro benzene ring substituents is 1. The van der Waals surface area contributed by atoms with Crippen LogP contribution < -0.4 is 9.62 Å². The molecule has 240 valence electrons. The zero-order valence-electron chi connectivity index (χ0n) is 25.5. The number of rotatable bonds is 14. The summed E-state index contributed by atoms with van der Waals surface area (Å²) in [5, 5.41) is 14.2. The molecule has 4 rings (SSSR count). The van der Waals surface area contributed by atoms with E-state index in [1.807, 2.05) is 19.9 Å². The van der Waals surface area contributed by atoms with Crippen LogP contribution in [0.3, 0.4) is 0 Å². The molecular formula is C34H35FN4O6S. The summed E-state index contributed by atoms with van der Waals surface area (Å²) in [7, 11) is -4.38. The molecule has 0 saturated carbocycles. The minimum absolute atomic E-state index is 0.00249. The lowest BCUT2D eigenvalue weighted by atomic mass is 10.0. The van der Waals surface area contributed by atoms with Crippen molar-refractivity contribution in [2.45, 2.75) is 50.2 Å². The molecule has 0 aliphatic rings. The van der Waals surface area contributed by atoms with Crippen LogP contribution in [-0.4, -0.2) is 48.7 Å². The number of nitro groups is 1. The van der Waals surface area contributed by atoms with E-state index in [1.54, 1.807) is 36.4 Å². The molecule has 4 aromatic rings. The molecule has 10 nitrogen and oxygen atoms in total. The Balaban J connectivity index is 1.82. The summed E-state index contributed by atoms with van der Waals surface area (Å²) in [6, 6.07) is 25.7. The van der Waals surface area contributed by atoms with Gasteiger partial charge in [0.1, 0.15) is 18.4 Å². The number of nitrogens with zero attached hydrogens (tertiary/aromatic N) is 3. The van der Waals surface area contributed by atoms with Gasteiger partial charge in [-0.3, -0.25) is 24.0 Å². The van der Waals surface area contributed by atoms with Gasteiger partial charge in [0.15, 0.2) is 0 Å². The van der Waals surface area contributed by atoms with Gasteiger partial charge in [0, 0.05) is 36.7 Å². The van der Waals surface area contributed by atoms with E-state index in [-0.39, 0.29) is 40.8 Å². The Labute approximate surface area is 267 Å². The van der Waals surface area contributed by atoms with Crippen LogP contribution >= 0.6 is 0 Å². The van der Waals surface area contributed by atoms with E-state index in [2.05, 4.69) is 5.32 Å². The predicted molar refractivity (Wildman–Crippen MR) is 173 cm³/mol. The minimum Gasteiger partial charge on any atom is -0.352 e. The molecule has 2 atom stereocenters. The molecule has 0 aromatic heterocycles. The molecule has 0 bridgehead atoms. The Bertz CT molecular complexity index is 1760. The highest BCUT2D eigenvalue weighted by atomic mass is 32.2. The van der Waals surface area contributed by atoms with Crippen molar-refractivity contribution in [1.29, 1.82) is 0 Å². The first-order chi connectivity index (χ1) is 22.0. The highest BCUT2D eigenvalue weighted by molar-refractivity contribution is 7.92. The van der Waals surface area contributed by atoms with Crippen LogP contribution in [0.25, 0.3) is 0 Å². The predicted octanol–water partition coefficient (Wildman–Crippen LogP) is 5.48. The number of halogens is 1. The van der Waals surface area contributed by atoms with Crippen molar-refractivity contribution in [2.24, 2.45) is 0 Å². The Kier molecular flexibility index (Phi) is 11.2. The number of nitro benzene ring substituents is 1. The van der Waals surface area contributed by atoms with Crippen molar-refractivity contribution in [2.75, 3.05) is 10.8 Å². The monoisotopic (exact) mass is 646 g/mol. The molecule has 0 heterocycles. The summed E-state index contributed by atoms with van der Waals surface area (Å²) in [5.41, 5.74) is 0.607. The lowest BCUT2D eigenvalue weighted by molar-refractivity contribution is -0.384. The maximum absolute atomic E-state index is 15.0. The second-order valence-corrected chi connectivity index (χ2v) is 12.6. The van der Waals surface area contributed by atoms with E-state index in [1.165, 1.54) is 59.5 Å². The molecule has 1 N–H and O–H groups in total. The fourth-order valence-corrected chi connectivity index (χ4v) is 6.23. The number of anilines is 1. The molecule has 0 spiro atoms. The first-order valence-electron chi connectivity index (χ1n) is 14.7. The number of nitrogens with one attached hydrogen (secondary N) is 1. The van der Waals surface area contributed by atoms with E-state index >= 15 is 4.39 Å². The first kappa shape index (κ1) is 33.8. The third-order valence-corrected chi connectivity index (χ3v) is 9.32. The summed E-state index contributed by atoms with van der Waals surface area (Å²) < 4.78 is 43.8. The van der Waals surface area contributed by atoms with Crippen molar-refractivity contribution in [3.05, 3.63) is 136 Å². The van der Waals surface area contributed by atoms with Gasteiger partial charge in [0.05, 0.1) is 15.5 Å². The Hall–Kier alpha value is -5.10. The van der Waals surface area contributed by atoms with Crippen molar-refractivity contribution < 1.29 is 27.3 Å². The summed E-state index contributed by atoms with van der Waals surface area (Å²) in [6.45, 7) is 2.63. The minimum atomic E-state index is -4.38. The Morgan fingerprint density at radius 2 is 1.48 bits per heavy atom. The Morgan fingerprint density at radius 3 is 2.07 bits per heavy atom. The molecule has 0 aliphatic carbocycles. The van der Waals surface area contributed by atoms with Gasteiger partial charge in [-0.2, -0.15) is 0 Å². The maximum Gasteiger partial charge on any atom is 0.269 e. The van der Waals surface area contributed by atoms with Crippen molar-refractivity contribution in [1.82, 2.24) is 10.2 Å². The highest BCUT2D eigenvalue weighted by Crippen LogP contribution is 2.27. The largest absolute Gasteiger partial charge is 0.352 e. The van der Waals surface area contributed by atoms with Crippen LogP contribution in [0.1, 0.15) is 31.4 Å². The van der Waals surface area contributed by atoms with Crippen LogP contribution in [0.4, 0.5) is 15.8 Å². The number of carbonyl (C=O) groups is 2. The smallest absolute Gasteiger partial charge is 0.269 e. The number of sulfonamides is 1. The normalized spacial score (nSPS) is 12.5. The van der Waals surface area contributed by atoms with Gasteiger partial charge in [-0.15, -0.1) is 0 Å². The average molecular weight is 647 g/mol. The lowest BCUT2D eigenvalue weighted by Crippen LogP contribution is -2.54. The summed E-state index contributed by atoms with van der Waals surface area (Å²) in [5.74, 6) is -1.85. The quantitative estimate of drug-likeness (QED) is 0.143. The van der Waals surface area contributed by atoms with Crippen LogP contribution in [0, 0.1) is 15.9 Å². The summed E-state index contributed by atoms with van der Waals surface area (Å²) in [6.07, 6.45) is 0.695. The number of hydrogen-bond donors (Lipinski definition) is 1. The second kappa shape index (κ2) is 15.3. The second-order valence-electron chi connectivity index (χ2n) is 10.7. The third-order valence-electron chi connectivity index (χ3n) is 7.53. The topological polar surface area (TPSA) is 130 Å². The molecule has 0 unspecified atom stereocenters. The number of carbonyl (C=O) groups excluding carboxylic acids is 2. The number of benzene rings is 4. The third kappa shape index (κ3) is 8.33. The number of hydrogen-bond acceptors (Lipinski definition) is 6. The average Bonchev–Trinajstić information content (AvgIpc) is 3.06.